The zero-order chi connectivity index (χ0) is 14.7. The third-order valence-corrected chi connectivity index (χ3v) is 3.08. The number of hydrogen-bond donors (Lipinski definition) is 3. The highest BCUT2D eigenvalue weighted by Crippen LogP contribution is 2.28. The number of hydrogen-bond acceptors (Lipinski definition) is 3. The number of carbonyl (C=O) groups excluding carboxylic acids is 2. The molecule has 0 unspecified atom stereocenters. The van der Waals surface area contributed by atoms with E-state index in [4.69, 9.17) is 16.7 Å². The van der Waals surface area contributed by atoms with Gasteiger partial charge in [-0.05, 0) is 18.2 Å². The van der Waals surface area contributed by atoms with E-state index in [1.54, 1.807) is 0 Å². The summed E-state index contributed by atoms with van der Waals surface area (Å²) in [5.41, 5.74) is 0.662. The van der Waals surface area contributed by atoms with Gasteiger partial charge >= 0.3 is 12.0 Å². The Labute approximate surface area is 119 Å². The molecule has 1 heterocycles. The normalized spacial score (nSPS) is 14.1. The average Bonchev–Trinajstić information content (AvgIpc) is 2.82. The fourth-order valence-corrected chi connectivity index (χ4v) is 2.04. The second kappa shape index (κ2) is 5.79. The number of anilines is 1. The highest BCUT2D eigenvalue weighted by Gasteiger charge is 2.24. The number of carboxylic acids is 1. The molecule has 106 valence electrons. The minimum absolute atomic E-state index is 0.241. The first-order valence-corrected chi connectivity index (χ1v) is 6.22. The van der Waals surface area contributed by atoms with E-state index in [9.17, 15) is 14.4 Å². The third kappa shape index (κ3) is 3.00. The number of urea groups is 1. The fraction of sp³-hybridized carbons (Fsp3) is 0.250. The van der Waals surface area contributed by atoms with Crippen molar-refractivity contribution in [2.45, 2.75) is 0 Å². The molecule has 3 N–H and O–H groups in total. The van der Waals surface area contributed by atoms with E-state index in [0.717, 1.165) is 0 Å². The Morgan fingerprint density at radius 3 is 2.80 bits per heavy atom. The molecule has 3 amide bonds. The van der Waals surface area contributed by atoms with E-state index in [1.165, 1.54) is 23.1 Å². The van der Waals surface area contributed by atoms with Gasteiger partial charge in [0.1, 0.15) is 6.54 Å². The topological polar surface area (TPSA) is 98.7 Å². The van der Waals surface area contributed by atoms with E-state index in [0.29, 0.717) is 23.8 Å². The number of benzene rings is 1. The van der Waals surface area contributed by atoms with E-state index in [2.05, 4.69) is 10.6 Å². The summed E-state index contributed by atoms with van der Waals surface area (Å²) in [4.78, 5) is 35.2. The summed E-state index contributed by atoms with van der Waals surface area (Å²) in [7, 11) is 0. The van der Waals surface area contributed by atoms with Crippen molar-refractivity contribution in [1.82, 2.24) is 10.6 Å². The molecule has 1 aromatic carbocycles. The van der Waals surface area contributed by atoms with Gasteiger partial charge in [0.05, 0.1) is 10.7 Å². The van der Waals surface area contributed by atoms with Crippen LogP contribution in [0.1, 0.15) is 10.4 Å². The van der Waals surface area contributed by atoms with Crippen LogP contribution in [0.5, 0.6) is 0 Å². The molecule has 1 aromatic rings. The van der Waals surface area contributed by atoms with Gasteiger partial charge in [-0.2, -0.15) is 0 Å². The predicted molar refractivity (Wildman–Crippen MR) is 72.2 cm³/mol. The summed E-state index contributed by atoms with van der Waals surface area (Å²) >= 11 is 6.03. The highest BCUT2D eigenvalue weighted by atomic mass is 35.5. The maximum atomic E-state index is 11.8. The van der Waals surface area contributed by atoms with Crippen LogP contribution in [0.15, 0.2) is 18.2 Å². The van der Waals surface area contributed by atoms with Crippen molar-refractivity contribution in [2.75, 3.05) is 24.5 Å². The van der Waals surface area contributed by atoms with Gasteiger partial charge in [0, 0.05) is 18.7 Å². The lowest BCUT2D eigenvalue weighted by Gasteiger charge is -2.16. The monoisotopic (exact) mass is 297 g/mol. The number of halogens is 1. The molecule has 0 radical (unpaired) electrons. The third-order valence-electron chi connectivity index (χ3n) is 2.76. The van der Waals surface area contributed by atoms with Gasteiger partial charge in [-0.25, -0.2) is 4.79 Å². The maximum absolute atomic E-state index is 11.8. The molecule has 0 saturated carbocycles. The molecule has 7 nitrogen and oxygen atoms in total. The van der Waals surface area contributed by atoms with Crippen molar-refractivity contribution in [1.29, 1.82) is 0 Å². The van der Waals surface area contributed by atoms with Crippen molar-refractivity contribution >= 4 is 35.2 Å². The molecular weight excluding hydrogens is 286 g/mol. The van der Waals surface area contributed by atoms with Crippen LogP contribution in [0.3, 0.4) is 0 Å². The lowest BCUT2D eigenvalue weighted by molar-refractivity contribution is -0.135. The molecule has 1 aliphatic heterocycles. The largest absolute Gasteiger partial charge is 0.480 e. The highest BCUT2D eigenvalue weighted by molar-refractivity contribution is 6.34. The molecule has 8 heteroatoms. The summed E-state index contributed by atoms with van der Waals surface area (Å²) in [6, 6.07) is 4.15. The van der Waals surface area contributed by atoms with Gasteiger partial charge in [-0.1, -0.05) is 11.6 Å². The van der Waals surface area contributed by atoms with Crippen LogP contribution >= 0.6 is 11.6 Å². The number of aliphatic carboxylic acids is 1. The van der Waals surface area contributed by atoms with Crippen LogP contribution in [0.4, 0.5) is 10.5 Å². The quantitative estimate of drug-likeness (QED) is 0.761. The summed E-state index contributed by atoms with van der Waals surface area (Å²) in [6.07, 6.45) is 0. The Balaban J connectivity index is 2.22. The molecule has 1 fully saturated rings. The van der Waals surface area contributed by atoms with Crippen molar-refractivity contribution in [2.24, 2.45) is 0 Å². The zero-order valence-corrected chi connectivity index (χ0v) is 11.1. The molecule has 1 saturated heterocycles. The van der Waals surface area contributed by atoms with Gasteiger partial charge in [-0.3, -0.25) is 14.5 Å². The second-order valence-electron chi connectivity index (χ2n) is 4.13. The molecule has 0 atom stereocenters. The smallest absolute Gasteiger partial charge is 0.322 e. The number of nitrogens with one attached hydrogen (secondary N) is 2. The van der Waals surface area contributed by atoms with E-state index >= 15 is 0 Å². The first-order valence-electron chi connectivity index (χ1n) is 5.84. The number of rotatable bonds is 4. The van der Waals surface area contributed by atoms with Gasteiger partial charge in [0.2, 0.25) is 0 Å². The van der Waals surface area contributed by atoms with E-state index in [1.807, 2.05) is 0 Å². The Kier molecular flexibility index (Phi) is 4.09. The van der Waals surface area contributed by atoms with Crippen molar-refractivity contribution < 1.29 is 19.5 Å². The van der Waals surface area contributed by atoms with Crippen LogP contribution in [0.2, 0.25) is 5.02 Å². The summed E-state index contributed by atoms with van der Waals surface area (Å²) in [5.74, 6) is -1.67. The van der Waals surface area contributed by atoms with Crippen molar-refractivity contribution in [3.05, 3.63) is 28.8 Å². The fourth-order valence-electron chi connectivity index (χ4n) is 1.82. The Morgan fingerprint density at radius 2 is 2.20 bits per heavy atom. The SMILES string of the molecule is O=C(O)CNC(=O)c1ccc(Cl)c(N2CCNC2=O)c1. The van der Waals surface area contributed by atoms with E-state index in [-0.39, 0.29) is 11.6 Å². The minimum atomic E-state index is -1.13. The number of amides is 3. The zero-order valence-electron chi connectivity index (χ0n) is 10.4. The molecular formula is C12H12ClN3O4. The van der Waals surface area contributed by atoms with Crippen molar-refractivity contribution in [3.63, 3.8) is 0 Å². The molecule has 20 heavy (non-hydrogen) atoms. The van der Waals surface area contributed by atoms with Crippen LogP contribution in [0, 0.1) is 0 Å². The van der Waals surface area contributed by atoms with Crippen LogP contribution in [-0.4, -0.2) is 42.6 Å². The molecule has 1 aliphatic rings. The Morgan fingerprint density at radius 1 is 1.45 bits per heavy atom. The summed E-state index contributed by atoms with van der Waals surface area (Å²) < 4.78 is 0. The average molecular weight is 298 g/mol. The summed E-state index contributed by atoms with van der Waals surface area (Å²) in [6.45, 7) is 0.490. The van der Waals surface area contributed by atoms with E-state index < -0.39 is 18.4 Å². The molecule has 0 spiro atoms. The molecule has 0 bridgehead atoms. The van der Waals surface area contributed by atoms with Crippen LogP contribution < -0.4 is 15.5 Å². The standard InChI is InChI=1S/C12H12ClN3O4/c13-8-2-1-7(11(19)15-6-10(17)18)5-9(8)16-4-3-14-12(16)20/h1-2,5H,3-4,6H2,(H,14,20)(H,15,19)(H,17,18). The number of carbonyl (C=O) groups is 3. The molecule has 2 rings (SSSR count). The lowest BCUT2D eigenvalue weighted by atomic mass is 10.1. The lowest BCUT2D eigenvalue weighted by Crippen LogP contribution is -2.30. The Bertz CT molecular complexity index is 576. The predicted octanol–water partition coefficient (Wildman–Crippen LogP) is 0.684. The second-order valence-corrected chi connectivity index (χ2v) is 4.53. The van der Waals surface area contributed by atoms with Gasteiger partial charge in [0.25, 0.3) is 5.91 Å². The molecule has 0 aromatic heterocycles. The minimum Gasteiger partial charge on any atom is -0.480 e. The van der Waals surface area contributed by atoms with Crippen LogP contribution in [-0.2, 0) is 4.79 Å². The Hall–Kier alpha value is -2.28. The van der Waals surface area contributed by atoms with Gasteiger partial charge in [-0.15, -0.1) is 0 Å². The maximum Gasteiger partial charge on any atom is 0.322 e. The first kappa shape index (κ1) is 14.1. The molecule has 0 aliphatic carbocycles. The van der Waals surface area contributed by atoms with Crippen molar-refractivity contribution in [3.8, 4) is 0 Å². The van der Waals surface area contributed by atoms with Crippen LogP contribution in [0.25, 0.3) is 0 Å². The van der Waals surface area contributed by atoms with Gasteiger partial charge < -0.3 is 15.7 Å². The summed E-state index contributed by atoms with van der Waals surface area (Å²) in [5, 5.41) is 13.7. The van der Waals surface area contributed by atoms with Gasteiger partial charge in [0.15, 0.2) is 0 Å². The number of nitrogens with zero attached hydrogens (tertiary/aromatic N) is 1. The number of carboxylic acid groups (broad SMARTS) is 1. The first-order chi connectivity index (χ1) is 9.49.